The second-order valence-corrected chi connectivity index (χ2v) is 15.8. The van der Waals surface area contributed by atoms with Crippen molar-refractivity contribution in [1.29, 1.82) is 0 Å². The van der Waals surface area contributed by atoms with Gasteiger partial charge < -0.3 is 20.4 Å². The molecule has 2 saturated heterocycles. The predicted molar refractivity (Wildman–Crippen MR) is 198 cm³/mol. The summed E-state index contributed by atoms with van der Waals surface area (Å²) in [5.41, 5.74) is 10.5. The van der Waals surface area contributed by atoms with Crippen LogP contribution in [0.25, 0.3) is 33.5 Å². The Bertz CT molecular complexity index is 1890. The summed E-state index contributed by atoms with van der Waals surface area (Å²) in [5, 5.41) is 6.67. The zero-order valence-corrected chi connectivity index (χ0v) is 29.6. The lowest BCUT2D eigenvalue weighted by molar-refractivity contribution is -0.120. The third kappa shape index (κ3) is 6.23. The molecule has 1 saturated carbocycles. The molecule has 2 unspecified atom stereocenters. The summed E-state index contributed by atoms with van der Waals surface area (Å²) in [6.45, 7) is 7.13. The monoisotopic (exact) mass is 671 g/mol. The van der Waals surface area contributed by atoms with Crippen LogP contribution in [0.1, 0.15) is 102 Å². The molecule has 4 aromatic rings. The molecule has 1 aromatic heterocycles. The molecule has 2 aliphatic carbocycles. The molecule has 1 spiro atoms. The molecule has 3 N–H and O–H groups in total. The minimum atomic E-state index is -0.609. The number of nitrogens with zero attached hydrogens (tertiary/aromatic N) is 2. The van der Waals surface area contributed by atoms with Gasteiger partial charge in [-0.25, -0.2) is 9.78 Å². The van der Waals surface area contributed by atoms with Crippen molar-refractivity contribution in [3.8, 4) is 33.5 Å². The molecule has 0 bridgehead atoms. The Labute approximate surface area is 295 Å². The van der Waals surface area contributed by atoms with E-state index in [9.17, 15) is 9.59 Å². The van der Waals surface area contributed by atoms with Crippen LogP contribution in [0.4, 0.5) is 10.5 Å². The third-order valence-corrected chi connectivity index (χ3v) is 11.4. The van der Waals surface area contributed by atoms with Gasteiger partial charge in [0.05, 0.1) is 17.9 Å². The molecule has 4 aliphatic rings. The van der Waals surface area contributed by atoms with Crippen molar-refractivity contribution < 1.29 is 14.3 Å². The highest BCUT2D eigenvalue weighted by Gasteiger charge is 2.43. The average Bonchev–Trinajstić information content (AvgIpc) is 3.95. The number of aromatic nitrogens is 2. The standard InChI is InChI=1S/C42H49N5O3/c1-41(2,3)50-40(49)47-24-8-12-36(47)39(48)45-30-10-6-9-29(25-30)31-17-18-32(37-33(31)19-22-42(37)20-4-5-21-42)27-13-15-28(16-14-27)35-26-44-38(46-35)34-11-7-23-43-34/h6,9-10,13-18,25-26,34,36,43H,4-5,7-8,11-12,19-24H2,1-3H3,(H,44,46)(H,45,48). The van der Waals surface area contributed by atoms with Gasteiger partial charge in [-0.3, -0.25) is 9.69 Å². The van der Waals surface area contributed by atoms with Crippen LogP contribution < -0.4 is 10.6 Å². The average molecular weight is 672 g/mol. The fourth-order valence-electron chi connectivity index (χ4n) is 9.04. The van der Waals surface area contributed by atoms with Crippen molar-refractivity contribution in [3.63, 3.8) is 0 Å². The molecule has 3 heterocycles. The van der Waals surface area contributed by atoms with E-state index < -0.39 is 17.7 Å². The zero-order chi connectivity index (χ0) is 34.5. The molecule has 8 nitrogen and oxygen atoms in total. The number of anilines is 1. The Hall–Kier alpha value is -4.43. The summed E-state index contributed by atoms with van der Waals surface area (Å²) in [5.74, 6) is 0.865. The number of amides is 2. The van der Waals surface area contributed by atoms with Crippen molar-refractivity contribution in [2.45, 2.75) is 108 Å². The summed E-state index contributed by atoms with van der Waals surface area (Å²) in [7, 11) is 0. The number of carbonyl (C=O) groups is 2. The minimum absolute atomic E-state index is 0.166. The first-order valence-corrected chi connectivity index (χ1v) is 18.6. The van der Waals surface area contributed by atoms with Crippen LogP contribution in [-0.2, 0) is 21.4 Å². The maximum absolute atomic E-state index is 13.5. The van der Waals surface area contributed by atoms with E-state index in [1.807, 2.05) is 39.1 Å². The number of imidazole rings is 1. The lowest BCUT2D eigenvalue weighted by atomic mass is 9.76. The van der Waals surface area contributed by atoms with Crippen molar-refractivity contribution in [3.05, 3.63) is 83.8 Å². The molecule has 50 heavy (non-hydrogen) atoms. The Morgan fingerprint density at radius 2 is 1.68 bits per heavy atom. The van der Waals surface area contributed by atoms with Gasteiger partial charge in [-0.15, -0.1) is 0 Å². The molecule has 8 heteroatoms. The fourth-order valence-corrected chi connectivity index (χ4v) is 9.04. The number of fused-ring (bicyclic) bond motifs is 2. The van der Waals surface area contributed by atoms with Crippen molar-refractivity contribution in [2.75, 3.05) is 18.4 Å². The van der Waals surface area contributed by atoms with Gasteiger partial charge in [0, 0.05) is 12.2 Å². The molecule has 2 atom stereocenters. The number of aromatic amines is 1. The number of nitrogens with one attached hydrogen (secondary N) is 3. The van der Waals surface area contributed by atoms with Crippen molar-refractivity contribution >= 4 is 17.7 Å². The molecule has 2 aliphatic heterocycles. The van der Waals surface area contributed by atoms with E-state index in [0.717, 1.165) is 54.1 Å². The van der Waals surface area contributed by atoms with Gasteiger partial charge >= 0.3 is 6.09 Å². The van der Waals surface area contributed by atoms with Crippen LogP contribution in [0.2, 0.25) is 0 Å². The molecule has 8 rings (SSSR count). The molecule has 3 fully saturated rings. The maximum Gasteiger partial charge on any atom is 0.410 e. The van der Waals surface area contributed by atoms with E-state index in [0.29, 0.717) is 19.0 Å². The first kappa shape index (κ1) is 32.8. The van der Waals surface area contributed by atoms with Gasteiger partial charge in [-0.2, -0.15) is 0 Å². The van der Waals surface area contributed by atoms with Crippen LogP contribution in [0.5, 0.6) is 0 Å². The SMILES string of the molecule is CC(C)(C)OC(=O)N1CCCC1C(=O)Nc1cccc(-c2ccc(-c3ccc(-c4cnc(C5CCCN5)[nH]4)cc3)c3c2CCC32CCCC2)c1. The normalized spacial score (nSPS) is 21.1. The predicted octanol–water partition coefficient (Wildman–Crippen LogP) is 8.93. The van der Waals surface area contributed by atoms with Crippen LogP contribution in [0.15, 0.2) is 66.9 Å². The highest BCUT2D eigenvalue weighted by molar-refractivity contribution is 5.97. The fraction of sp³-hybridized carbons (Fsp3) is 0.452. The number of benzene rings is 3. The number of rotatable bonds is 6. The maximum atomic E-state index is 13.5. The largest absolute Gasteiger partial charge is 0.444 e. The molecule has 2 amide bonds. The molecule has 3 aromatic carbocycles. The van der Waals surface area contributed by atoms with Gasteiger partial charge in [0.25, 0.3) is 0 Å². The van der Waals surface area contributed by atoms with E-state index in [4.69, 9.17) is 9.72 Å². The highest BCUT2D eigenvalue weighted by atomic mass is 16.6. The zero-order valence-electron chi connectivity index (χ0n) is 29.6. The Morgan fingerprint density at radius 1 is 0.900 bits per heavy atom. The number of carbonyl (C=O) groups excluding carboxylic acids is 2. The first-order valence-electron chi connectivity index (χ1n) is 18.6. The Kier molecular flexibility index (Phi) is 8.54. The quantitative estimate of drug-likeness (QED) is 0.190. The van der Waals surface area contributed by atoms with E-state index in [2.05, 4.69) is 64.1 Å². The minimum Gasteiger partial charge on any atom is -0.444 e. The van der Waals surface area contributed by atoms with Gasteiger partial charge in [0.15, 0.2) is 0 Å². The summed E-state index contributed by atoms with van der Waals surface area (Å²) in [6.07, 6.45) is 12.6. The summed E-state index contributed by atoms with van der Waals surface area (Å²) >= 11 is 0. The van der Waals surface area contributed by atoms with Crippen molar-refractivity contribution in [2.24, 2.45) is 0 Å². The van der Waals surface area contributed by atoms with Gasteiger partial charge in [-0.1, -0.05) is 61.4 Å². The van der Waals surface area contributed by atoms with Crippen molar-refractivity contribution in [1.82, 2.24) is 20.2 Å². The van der Waals surface area contributed by atoms with Gasteiger partial charge in [0.2, 0.25) is 5.91 Å². The Balaban J connectivity index is 1.07. The molecule has 0 radical (unpaired) electrons. The molecular weight excluding hydrogens is 622 g/mol. The van der Waals surface area contributed by atoms with E-state index >= 15 is 0 Å². The Morgan fingerprint density at radius 3 is 2.44 bits per heavy atom. The van der Waals surface area contributed by atoms with Crippen LogP contribution in [0.3, 0.4) is 0 Å². The summed E-state index contributed by atoms with van der Waals surface area (Å²) < 4.78 is 5.60. The summed E-state index contributed by atoms with van der Waals surface area (Å²) in [6, 6.07) is 21.6. The lowest BCUT2D eigenvalue weighted by Gasteiger charge is -2.28. The second-order valence-electron chi connectivity index (χ2n) is 15.8. The lowest BCUT2D eigenvalue weighted by Crippen LogP contribution is -2.45. The number of likely N-dealkylation sites (tertiary alicyclic amines) is 1. The smallest absolute Gasteiger partial charge is 0.410 e. The highest BCUT2D eigenvalue weighted by Crippen LogP contribution is 2.55. The van der Waals surface area contributed by atoms with E-state index in [1.54, 1.807) is 4.90 Å². The summed E-state index contributed by atoms with van der Waals surface area (Å²) in [4.78, 5) is 36.2. The number of hydrogen-bond acceptors (Lipinski definition) is 5. The number of H-pyrrole nitrogens is 1. The van der Waals surface area contributed by atoms with E-state index in [-0.39, 0.29) is 11.3 Å². The second kappa shape index (κ2) is 13.0. The number of ether oxygens (including phenoxy) is 1. The molecular formula is C42H49N5O3. The first-order chi connectivity index (χ1) is 24.2. The topological polar surface area (TPSA) is 99.3 Å². The van der Waals surface area contributed by atoms with Crippen LogP contribution in [0, 0.1) is 0 Å². The third-order valence-electron chi connectivity index (χ3n) is 11.4. The molecule has 260 valence electrons. The van der Waals surface area contributed by atoms with E-state index in [1.165, 1.54) is 66.3 Å². The van der Waals surface area contributed by atoms with Gasteiger partial charge in [0.1, 0.15) is 17.5 Å². The van der Waals surface area contributed by atoms with Gasteiger partial charge in [-0.05, 0) is 135 Å². The van der Waals surface area contributed by atoms with Crippen LogP contribution in [-0.4, -0.2) is 51.6 Å². The number of hydrogen-bond donors (Lipinski definition) is 3. The van der Waals surface area contributed by atoms with Crippen LogP contribution >= 0.6 is 0 Å².